The molecule has 0 aliphatic carbocycles. The molecule has 0 fully saturated rings. The summed E-state index contributed by atoms with van der Waals surface area (Å²) in [7, 11) is 1.70. The average molecular weight is 280 g/mol. The predicted molar refractivity (Wildman–Crippen MR) is 79.5 cm³/mol. The van der Waals surface area contributed by atoms with E-state index in [9.17, 15) is 4.79 Å². The van der Waals surface area contributed by atoms with Crippen LogP contribution in [-0.2, 0) is 4.74 Å². The van der Waals surface area contributed by atoms with Crippen LogP contribution in [0, 0.1) is 0 Å². The minimum absolute atomic E-state index is 0.205. The third-order valence-electron chi connectivity index (χ3n) is 3.01. The number of unbranched alkanes of at least 4 members (excludes halogenated alkanes) is 2. The van der Waals surface area contributed by atoms with Crippen molar-refractivity contribution in [3.63, 3.8) is 0 Å². The normalized spacial score (nSPS) is 10.8. The van der Waals surface area contributed by atoms with E-state index in [0.717, 1.165) is 38.1 Å². The quantitative estimate of drug-likeness (QED) is 0.680. The number of hydrogen-bond acceptors (Lipinski definition) is 4. The number of aromatic nitrogens is 1. The number of pyridine rings is 1. The molecule has 1 aromatic heterocycles. The van der Waals surface area contributed by atoms with E-state index in [4.69, 9.17) is 9.84 Å². The molecule has 5 nitrogen and oxygen atoms in total. The number of anilines is 1. The Bertz CT molecular complexity index is 433. The van der Waals surface area contributed by atoms with Gasteiger partial charge in [-0.25, -0.2) is 9.78 Å². The first-order valence-electron chi connectivity index (χ1n) is 7.02. The summed E-state index contributed by atoms with van der Waals surface area (Å²) in [6.07, 6.45) is 3.13. The highest BCUT2D eigenvalue weighted by molar-refractivity contribution is 5.88. The first-order chi connectivity index (χ1) is 9.54. The van der Waals surface area contributed by atoms with E-state index in [2.05, 4.69) is 10.3 Å². The lowest BCUT2D eigenvalue weighted by Crippen LogP contribution is -2.08. The molecule has 0 atom stereocenters. The summed E-state index contributed by atoms with van der Waals surface area (Å²) in [6.45, 7) is 5.58. The molecule has 0 aliphatic rings. The summed E-state index contributed by atoms with van der Waals surface area (Å²) in [4.78, 5) is 15.6. The zero-order valence-corrected chi connectivity index (χ0v) is 12.5. The van der Waals surface area contributed by atoms with Crippen LogP contribution >= 0.6 is 0 Å². The maximum absolute atomic E-state index is 11.1. The van der Waals surface area contributed by atoms with Crippen LogP contribution in [0.3, 0.4) is 0 Å². The van der Waals surface area contributed by atoms with Crippen molar-refractivity contribution in [1.29, 1.82) is 0 Å². The number of hydrogen-bond donors (Lipinski definition) is 2. The zero-order valence-electron chi connectivity index (χ0n) is 12.5. The molecule has 0 amide bonds. The monoisotopic (exact) mass is 280 g/mol. The second-order valence-corrected chi connectivity index (χ2v) is 5.11. The number of rotatable bonds is 9. The Balaban J connectivity index is 2.58. The summed E-state index contributed by atoms with van der Waals surface area (Å²) >= 11 is 0. The van der Waals surface area contributed by atoms with Crippen LogP contribution in [0.2, 0.25) is 0 Å². The molecular formula is C15H24N2O3. The fraction of sp³-hybridized carbons (Fsp3) is 0.600. The van der Waals surface area contributed by atoms with Gasteiger partial charge in [0.25, 0.3) is 0 Å². The fourth-order valence-corrected chi connectivity index (χ4v) is 1.83. The number of nitrogens with one attached hydrogen (secondary N) is 1. The van der Waals surface area contributed by atoms with Gasteiger partial charge in [0.05, 0.1) is 5.56 Å². The van der Waals surface area contributed by atoms with Crippen molar-refractivity contribution in [3.8, 4) is 0 Å². The molecule has 1 rings (SSSR count). The first kappa shape index (κ1) is 16.4. The van der Waals surface area contributed by atoms with Gasteiger partial charge in [0, 0.05) is 26.0 Å². The third-order valence-corrected chi connectivity index (χ3v) is 3.01. The van der Waals surface area contributed by atoms with Gasteiger partial charge in [0.1, 0.15) is 5.82 Å². The molecular weight excluding hydrogens is 256 g/mol. The molecule has 0 unspecified atom stereocenters. The highest BCUT2D eigenvalue weighted by Gasteiger charge is 2.10. The lowest BCUT2D eigenvalue weighted by Gasteiger charge is -2.11. The fourth-order valence-electron chi connectivity index (χ4n) is 1.83. The van der Waals surface area contributed by atoms with Gasteiger partial charge < -0.3 is 15.2 Å². The lowest BCUT2D eigenvalue weighted by atomic mass is 10.1. The van der Waals surface area contributed by atoms with Crippen LogP contribution in [0.5, 0.6) is 0 Å². The Hall–Kier alpha value is -1.62. The maximum atomic E-state index is 11.1. The number of carbonyl (C=O) groups is 1. The molecule has 0 saturated carbocycles. The highest BCUT2D eigenvalue weighted by Crippen LogP contribution is 2.17. The van der Waals surface area contributed by atoms with Gasteiger partial charge in [-0.3, -0.25) is 0 Å². The van der Waals surface area contributed by atoms with Crippen molar-refractivity contribution in [2.45, 2.75) is 39.0 Å². The molecule has 1 aromatic rings. The Kier molecular flexibility index (Phi) is 7.01. The summed E-state index contributed by atoms with van der Waals surface area (Å²) in [5.74, 6) is -0.0747. The topological polar surface area (TPSA) is 71.5 Å². The second-order valence-electron chi connectivity index (χ2n) is 5.11. The molecule has 2 N–H and O–H groups in total. The third kappa shape index (κ3) is 5.57. The van der Waals surface area contributed by atoms with Gasteiger partial charge in [0.2, 0.25) is 0 Å². The predicted octanol–water partition coefficient (Wildman–Crippen LogP) is 3.13. The van der Waals surface area contributed by atoms with Crippen molar-refractivity contribution >= 4 is 11.8 Å². The molecule has 1 heterocycles. The van der Waals surface area contributed by atoms with E-state index in [-0.39, 0.29) is 11.5 Å². The van der Waals surface area contributed by atoms with E-state index in [1.54, 1.807) is 19.2 Å². The summed E-state index contributed by atoms with van der Waals surface area (Å²) in [6, 6.07) is 3.22. The molecule has 20 heavy (non-hydrogen) atoms. The molecule has 0 radical (unpaired) electrons. The highest BCUT2D eigenvalue weighted by atomic mass is 16.5. The first-order valence-corrected chi connectivity index (χ1v) is 7.02. The number of carboxylic acids is 1. The standard InChI is InChI=1S/C15H24N2O3/c1-11(2)13-9-12(15(18)19)10-14(17-13)16-7-5-4-6-8-20-3/h9-11H,4-8H2,1-3H3,(H,16,17)(H,18,19). The van der Waals surface area contributed by atoms with Crippen LogP contribution in [0.15, 0.2) is 12.1 Å². The van der Waals surface area contributed by atoms with E-state index >= 15 is 0 Å². The Morgan fingerprint density at radius 1 is 1.35 bits per heavy atom. The van der Waals surface area contributed by atoms with Crippen LogP contribution in [0.1, 0.15) is 55.1 Å². The molecule has 0 aliphatic heterocycles. The van der Waals surface area contributed by atoms with E-state index < -0.39 is 5.97 Å². The van der Waals surface area contributed by atoms with Crippen LogP contribution < -0.4 is 5.32 Å². The van der Waals surface area contributed by atoms with E-state index in [1.165, 1.54) is 0 Å². The average Bonchev–Trinajstić information content (AvgIpc) is 2.42. The van der Waals surface area contributed by atoms with Gasteiger partial charge in [-0.1, -0.05) is 13.8 Å². The summed E-state index contributed by atoms with van der Waals surface area (Å²) in [5.41, 5.74) is 1.08. The van der Waals surface area contributed by atoms with Crippen molar-refractivity contribution in [2.24, 2.45) is 0 Å². The minimum atomic E-state index is -0.919. The molecule has 0 aromatic carbocycles. The molecule has 0 bridgehead atoms. The number of ether oxygens (including phenoxy) is 1. The zero-order chi connectivity index (χ0) is 15.0. The Morgan fingerprint density at radius 2 is 2.10 bits per heavy atom. The van der Waals surface area contributed by atoms with Gasteiger partial charge in [-0.05, 0) is 37.3 Å². The number of methoxy groups -OCH3 is 1. The minimum Gasteiger partial charge on any atom is -0.478 e. The van der Waals surface area contributed by atoms with Gasteiger partial charge >= 0.3 is 5.97 Å². The molecule has 0 spiro atoms. The molecule has 5 heteroatoms. The SMILES string of the molecule is COCCCCCNc1cc(C(=O)O)cc(C(C)C)n1. The molecule has 112 valence electrons. The second kappa shape index (κ2) is 8.53. The Morgan fingerprint density at radius 3 is 2.70 bits per heavy atom. The smallest absolute Gasteiger partial charge is 0.335 e. The van der Waals surface area contributed by atoms with Gasteiger partial charge in [-0.2, -0.15) is 0 Å². The van der Waals surface area contributed by atoms with Crippen molar-refractivity contribution in [1.82, 2.24) is 4.98 Å². The van der Waals surface area contributed by atoms with Crippen molar-refractivity contribution in [2.75, 3.05) is 25.6 Å². The summed E-state index contributed by atoms with van der Waals surface area (Å²) < 4.78 is 4.99. The lowest BCUT2D eigenvalue weighted by molar-refractivity contribution is 0.0696. The number of carboxylic acid groups (broad SMARTS) is 1. The van der Waals surface area contributed by atoms with Crippen molar-refractivity contribution in [3.05, 3.63) is 23.4 Å². The van der Waals surface area contributed by atoms with E-state index in [0.29, 0.717) is 5.82 Å². The summed E-state index contributed by atoms with van der Waals surface area (Å²) in [5, 5.41) is 12.3. The largest absolute Gasteiger partial charge is 0.478 e. The maximum Gasteiger partial charge on any atom is 0.335 e. The van der Waals surface area contributed by atoms with Gasteiger partial charge in [-0.15, -0.1) is 0 Å². The number of nitrogens with zero attached hydrogens (tertiary/aromatic N) is 1. The van der Waals surface area contributed by atoms with Gasteiger partial charge in [0.15, 0.2) is 0 Å². The number of aromatic carboxylic acids is 1. The van der Waals surface area contributed by atoms with Crippen LogP contribution in [0.4, 0.5) is 5.82 Å². The van der Waals surface area contributed by atoms with E-state index in [1.807, 2.05) is 13.8 Å². The molecule has 0 saturated heterocycles. The van der Waals surface area contributed by atoms with Crippen LogP contribution in [0.25, 0.3) is 0 Å². The van der Waals surface area contributed by atoms with Crippen molar-refractivity contribution < 1.29 is 14.6 Å². The van der Waals surface area contributed by atoms with Crippen LogP contribution in [-0.4, -0.2) is 36.3 Å². The Labute approximate surface area is 120 Å².